The lowest BCUT2D eigenvalue weighted by Crippen LogP contribution is -2.40. The molecule has 3 rings (SSSR count). The third kappa shape index (κ3) is 1.82. The SMILES string of the molecule is Brc1cncnc1N1CCC2CNCC2C1. The summed E-state index contributed by atoms with van der Waals surface area (Å²) in [4.78, 5) is 10.7. The van der Waals surface area contributed by atoms with E-state index in [1.165, 1.54) is 13.0 Å². The maximum Gasteiger partial charge on any atom is 0.146 e. The van der Waals surface area contributed by atoms with Crippen LogP contribution in [0.15, 0.2) is 17.0 Å². The minimum atomic E-state index is 0.788. The summed E-state index contributed by atoms with van der Waals surface area (Å²) in [6.07, 6.45) is 4.72. The first-order valence-electron chi connectivity index (χ1n) is 5.76. The molecule has 4 nitrogen and oxygen atoms in total. The molecule has 0 spiro atoms. The molecule has 0 saturated carbocycles. The highest BCUT2D eigenvalue weighted by Gasteiger charge is 2.33. The molecule has 3 heterocycles. The summed E-state index contributed by atoms with van der Waals surface area (Å²) >= 11 is 3.52. The first-order chi connectivity index (χ1) is 7.84. The minimum Gasteiger partial charge on any atom is -0.355 e. The quantitative estimate of drug-likeness (QED) is 0.843. The molecule has 1 aromatic rings. The molecule has 0 aromatic carbocycles. The fourth-order valence-electron chi connectivity index (χ4n) is 2.77. The average Bonchev–Trinajstić information content (AvgIpc) is 2.76. The van der Waals surface area contributed by atoms with Crippen LogP contribution in [0.5, 0.6) is 0 Å². The average molecular weight is 283 g/mol. The fourth-order valence-corrected chi connectivity index (χ4v) is 3.24. The Labute approximate surface area is 104 Å². The Kier molecular flexibility index (Phi) is 2.81. The topological polar surface area (TPSA) is 41.1 Å². The summed E-state index contributed by atoms with van der Waals surface area (Å²) in [7, 11) is 0. The van der Waals surface area contributed by atoms with Crippen LogP contribution in [0.1, 0.15) is 6.42 Å². The van der Waals surface area contributed by atoms with E-state index in [9.17, 15) is 0 Å². The van der Waals surface area contributed by atoms with E-state index in [4.69, 9.17) is 0 Å². The van der Waals surface area contributed by atoms with E-state index >= 15 is 0 Å². The lowest BCUT2D eigenvalue weighted by Gasteiger charge is -2.35. The Morgan fingerprint density at radius 3 is 3.12 bits per heavy atom. The van der Waals surface area contributed by atoms with Crippen molar-refractivity contribution in [3.05, 3.63) is 17.0 Å². The summed E-state index contributed by atoms with van der Waals surface area (Å²) in [6, 6.07) is 0. The molecular formula is C11H15BrN4. The molecule has 0 aliphatic carbocycles. The molecule has 16 heavy (non-hydrogen) atoms. The number of fused-ring (bicyclic) bond motifs is 1. The van der Waals surface area contributed by atoms with E-state index in [1.807, 2.05) is 6.20 Å². The molecule has 86 valence electrons. The highest BCUT2D eigenvalue weighted by atomic mass is 79.9. The highest BCUT2D eigenvalue weighted by Crippen LogP contribution is 2.31. The molecule has 0 bridgehead atoms. The Morgan fingerprint density at radius 1 is 1.38 bits per heavy atom. The Hall–Kier alpha value is -0.680. The van der Waals surface area contributed by atoms with Gasteiger partial charge in [-0.2, -0.15) is 0 Å². The number of halogens is 1. The number of nitrogens with zero attached hydrogens (tertiary/aromatic N) is 3. The summed E-state index contributed by atoms with van der Waals surface area (Å²) < 4.78 is 0.999. The van der Waals surface area contributed by atoms with Crippen LogP contribution in [0.4, 0.5) is 5.82 Å². The number of hydrogen-bond acceptors (Lipinski definition) is 4. The molecule has 2 fully saturated rings. The van der Waals surface area contributed by atoms with Gasteiger partial charge >= 0.3 is 0 Å². The van der Waals surface area contributed by atoms with Gasteiger partial charge in [0.15, 0.2) is 0 Å². The molecule has 1 N–H and O–H groups in total. The Morgan fingerprint density at radius 2 is 2.25 bits per heavy atom. The number of piperidine rings is 1. The van der Waals surface area contributed by atoms with Gasteiger partial charge in [-0.15, -0.1) is 0 Å². The number of hydrogen-bond donors (Lipinski definition) is 1. The smallest absolute Gasteiger partial charge is 0.146 e. The van der Waals surface area contributed by atoms with Crippen molar-refractivity contribution < 1.29 is 0 Å². The van der Waals surface area contributed by atoms with Crippen molar-refractivity contribution in [1.29, 1.82) is 0 Å². The van der Waals surface area contributed by atoms with Gasteiger partial charge < -0.3 is 10.2 Å². The lowest BCUT2D eigenvalue weighted by atomic mass is 9.89. The molecule has 0 amide bonds. The van der Waals surface area contributed by atoms with Crippen molar-refractivity contribution in [2.45, 2.75) is 6.42 Å². The Bertz CT molecular complexity index is 384. The molecule has 5 heteroatoms. The second kappa shape index (κ2) is 4.30. The van der Waals surface area contributed by atoms with Gasteiger partial charge in [-0.25, -0.2) is 9.97 Å². The van der Waals surface area contributed by atoms with Gasteiger partial charge in [-0.05, 0) is 47.3 Å². The van der Waals surface area contributed by atoms with Gasteiger partial charge in [0.2, 0.25) is 0 Å². The summed E-state index contributed by atoms with van der Waals surface area (Å²) in [6.45, 7) is 4.58. The molecule has 2 atom stereocenters. The second-order valence-corrected chi connectivity index (χ2v) is 5.46. The molecular weight excluding hydrogens is 268 g/mol. The first kappa shape index (κ1) is 10.5. The zero-order valence-electron chi connectivity index (χ0n) is 9.06. The number of anilines is 1. The predicted octanol–water partition coefficient (Wildman–Crippen LogP) is 1.28. The van der Waals surface area contributed by atoms with Crippen LogP contribution in [0.2, 0.25) is 0 Å². The van der Waals surface area contributed by atoms with E-state index < -0.39 is 0 Å². The van der Waals surface area contributed by atoms with Crippen LogP contribution in [0, 0.1) is 11.8 Å². The van der Waals surface area contributed by atoms with E-state index in [-0.39, 0.29) is 0 Å². The van der Waals surface area contributed by atoms with E-state index in [0.29, 0.717) is 0 Å². The van der Waals surface area contributed by atoms with Crippen LogP contribution in [-0.4, -0.2) is 36.1 Å². The summed E-state index contributed by atoms with van der Waals surface area (Å²) in [5.74, 6) is 2.70. The molecule has 2 aliphatic heterocycles. The van der Waals surface area contributed by atoms with Crippen molar-refractivity contribution in [3.8, 4) is 0 Å². The number of aromatic nitrogens is 2. The maximum atomic E-state index is 4.36. The van der Waals surface area contributed by atoms with Gasteiger partial charge in [-0.1, -0.05) is 0 Å². The van der Waals surface area contributed by atoms with Crippen molar-refractivity contribution in [3.63, 3.8) is 0 Å². The van der Waals surface area contributed by atoms with Crippen molar-refractivity contribution in [2.24, 2.45) is 11.8 Å². The Balaban J connectivity index is 1.79. The zero-order chi connectivity index (χ0) is 11.0. The van der Waals surface area contributed by atoms with Gasteiger partial charge in [0.05, 0.1) is 4.47 Å². The van der Waals surface area contributed by atoms with Gasteiger partial charge in [-0.3, -0.25) is 0 Å². The lowest BCUT2D eigenvalue weighted by molar-refractivity contribution is 0.347. The highest BCUT2D eigenvalue weighted by molar-refractivity contribution is 9.10. The van der Waals surface area contributed by atoms with Crippen molar-refractivity contribution >= 4 is 21.7 Å². The second-order valence-electron chi connectivity index (χ2n) is 4.61. The maximum absolute atomic E-state index is 4.36. The number of nitrogens with one attached hydrogen (secondary N) is 1. The molecule has 0 radical (unpaired) electrons. The van der Waals surface area contributed by atoms with E-state index in [0.717, 1.165) is 41.8 Å². The zero-order valence-corrected chi connectivity index (χ0v) is 10.7. The third-order valence-corrected chi connectivity index (χ3v) is 4.21. The third-order valence-electron chi connectivity index (χ3n) is 3.65. The monoisotopic (exact) mass is 282 g/mol. The van der Waals surface area contributed by atoms with Gasteiger partial charge in [0.25, 0.3) is 0 Å². The first-order valence-corrected chi connectivity index (χ1v) is 6.55. The predicted molar refractivity (Wildman–Crippen MR) is 66.4 cm³/mol. The summed E-state index contributed by atoms with van der Waals surface area (Å²) in [5.41, 5.74) is 0. The molecule has 1 aromatic heterocycles. The molecule has 2 aliphatic rings. The van der Waals surface area contributed by atoms with Crippen LogP contribution < -0.4 is 10.2 Å². The minimum absolute atomic E-state index is 0.788. The molecule has 2 unspecified atom stereocenters. The van der Waals surface area contributed by atoms with Gasteiger partial charge in [0, 0.05) is 19.3 Å². The van der Waals surface area contributed by atoms with E-state index in [1.54, 1.807) is 6.33 Å². The summed E-state index contributed by atoms with van der Waals surface area (Å²) in [5, 5.41) is 3.48. The van der Waals surface area contributed by atoms with Crippen LogP contribution in [0.3, 0.4) is 0 Å². The standard InChI is InChI=1S/C11H15BrN4/c12-10-5-14-7-15-11(10)16-2-1-8-3-13-4-9(8)6-16/h5,7-9,13H,1-4,6H2. The van der Waals surface area contributed by atoms with Crippen LogP contribution in [0.25, 0.3) is 0 Å². The largest absolute Gasteiger partial charge is 0.355 e. The van der Waals surface area contributed by atoms with E-state index in [2.05, 4.69) is 36.1 Å². The van der Waals surface area contributed by atoms with Crippen LogP contribution in [-0.2, 0) is 0 Å². The van der Waals surface area contributed by atoms with Gasteiger partial charge in [0.1, 0.15) is 12.1 Å². The number of rotatable bonds is 1. The van der Waals surface area contributed by atoms with Crippen LogP contribution >= 0.6 is 15.9 Å². The van der Waals surface area contributed by atoms with Crippen molar-refractivity contribution in [1.82, 2.24) is 15.3 Å². The molecule has 2 saturated heterocycles. The van der Waals surface area contributed by atoms with Crippen molar-refractivity contribution in [2.75, 3.05) is 31.1 Å². The fraction of sp³-hybridized carbons (Fsp3) is 0.636. The normalized spacial score (nSPS) is 29.2.